The predicted molar refractivity (Wildman–Crippen MR) is 106 cm³/mol. The first-order chi connectivity index (χ1) is 13.6. The van der Waals surface area contributed by atoms with E-state index in [4.69, 9.17) is 14.2 Å². The number of benzene rings is 1. The molecular weight excluding hydrogens is 380 g/mol. The first kappa shape index (κ1) is 18.7. The van der Waals surface area contributed by atoms with Crippen LogP contribution in [0.25, 0.3) is 0 Å². The Bertz CT molecular complexity index is 969. The highest BCUT2D eigenvalue weighted by Gasteiger charge is 2.38. The number of thioether (sulfide) groups is 1. The smallest absolute Gasteiger partial charge is 0.227 e. The molecule has 0 spiro atoms. The van der Waals surface area contributed by atoms with Crippen molar-refractivity contribution in [1.29, 1.82) is 0 Å². The minimum atomic E-state index is -0.442. The van der Waals surface area contributed by atoms with E-state index >= 15 is 0 Å². The average molecular weight is 402 g/mol. The van der Waals surface area contributed by atoms with Gasteiger partial charge < -0.3 is 19.5 Å². The van der Waals surface area contributed by atoms with Gasteiger partial charge in [-0.1, -0.05) is 11.8 Å². The summed E-state index contributed by atoms with van der Waals surface area (Å²) in [6.45, 7) is 0. The number of carbonyl (C=O) groups excluding carboxylic acids is 1. The van der Waals surface area contributed by atoms with E-state index in [2.05, 4.69) is 15.4 Å². The summed E-state index contributed by atoms with van der Waals surface area (Å²) < 4.78 is 18.3. The first-order valence-electron chi connectivity index (χ1n) is 8.95. The molecule has 4 rings (SSSR count). The van der Waals surface area contributed by atoms with Gasteiger partial charge >= 0.3 is 0 Å². The van der Waals surface area contributed by atoms with E-state index in [1.165, 1.54) is 11.8 Å². The molecule has 2 aliphatic rings. The number of nitrogens with zero attached hydrogens (tertiary/aromatic N) is 3. The van der Waals surface area contributed by atoms with E-state index in [0.717, 1.165) is 24.1 Å². The lowest BCUT2D eigenvalue weighted by molar-refractivity contribution is -0.116. The van der Waals surface area contributed by atoms with E-state index in [0.29, 0.717) is 40.3 Å². The molecule has 0 saturated heterocycles. The summed E-state index contributed by atoms with van der Waals surface area (Å²) in [5, 5.41) is 8.57. The van der Waals surface area contributed by atoms with Crippen LogP contribution in [0.15, 0.2) is 28.6 Å². The summed E-state index contributed by atoms with van der Waals surface area (Å²) in [7, 11) is 4.76. The molecule has 9 heteroatoms. The first-order valence-corrected chi connectivity index (χ1v) is 10.2. The zero-order valence-electron chi connectivity index (χ0n) is 16.2. The SMILES string of the molecule is COc1cc(OC)c(C2C3=C(CCCC3=O)Nc3nc(SC)nn32)cc1OC. The Hall–Kier alpha value is -2.68. The molecule has 1 aliphatic carbocycles. The molecule has 2 heterocycles. The van der Waals surface area contributed by atoms with E-state index in [1.54, 1.807) is 32.1 Å². The Morgan fingerprint density at radius 1 is 1.11 bits per heavy atom. The van der Waals surface area contributed by atoms with Crippen molar-refractivity contribution in [2.45, 2.75) is 30.5 Å². The fourth-order valence-electron chi connectivity index (χ4n) is 3.78. The Balaban J connectivity index is 1.97. The summed E-state index contributed by atoms with van der Waals surface area (Å²) in [6.07, 6.45) is 4.07. The summed E-state index contributed by atoms with van der Waals surface area (Å²) in [5.74, 6) is 2.46. The quantitative estimate of drug-likeness (QED) is 0.764. The van der Waals surface area contributed by atoms with Crippen LogP contribution in [0.3, 0.4) is 0 Å². The van der Waals surface area contributed by atoms with Crippen LogP contribution >= 0.6 is 11.8 Å². The van der Waals surface area contributed by atoms with Crippen molar-refractivity contribution in [3.63, 3.8) is 0 Å². The fourth-order valence-corrected chi connectivity index (χ4v) is 4.12. The zero-order valence-corrected chi connectivity index (χ0v) is 17.1. The molecule has 1 N–H and O–H groups in total. The van der Waals surface area contributed by atoms with Gasteiger partial charge in [-0.25, -0.2) is 4.68 Å². The molecule has 1 unspecified atom stereocenters. The summed E-state index contributed by atoms with van der Waals surface area (Å²) in [4.78, 5) is 17.5. The van der Waals surface area contributed by atoms with Gasteiger partial charge in [0.25, 0.3) is 0 Å². The van der Waals surface area contributed by atoms with Gasteiger partial charge in [0.05, 0.1) is 21.3 Å². The maximum absolute atomic E-state index is 12.9. The molecule has 148 valence electrons. The maximum atomic E-state index is 12.9. The number of fused-ring (bicyclic) bond motifs is 1. The number of rotatable bonds is 5. The molecule has 0 amide bonds. The van der Waals surface area contributed by atoms with E-state index in [9.17, 15) is 4.79 Å². The predicted octanol–water partition coefficient (Wildman–Crippen LogP) is 3.05. The number of nitrogens with one attached hydrogen (secondary N) is 1. The van der Waals surface area contributed by atoms with Crippen LogP contribution in [0.5, 0.6) is 17.2 Å². The van der Waals surface area contributed by atoms with Gasteiger partial charge in [0.1, 0.15) is 11.8 Å². The van der Waals surface area contributed by atoms with Crippen molar-refractivity contribution in [2.75, 3.05) is 32.9 Å². The van der Waals surface area contributed by atoms with E-state index in [1.807, 2.05) is 12.3 Å². The average Bonchev–Trinajstić information content (AvgIpc) is 3.14. The number of hydrogen-bond acceptors (Lipinski definition) is 8. The lowest BCUT2D eigenvalue weighted by Gasteiger charge is -2.33. The van der Waals surface area contributed by atoms with Gasteiger partial charge in [-0.05, 0) is 25.2 Å². The van der Waals surface area contributed by atoms with Crippen molar-refractivity contribution in [2.24, 2.45) is 0 Å². The van der Waals surface area contributed by atoms with Gasteiger partial charge in [0, 0.05) is 29.3 Å². The second-order valence-corrected chi connectivity index (χ2v) is 7.29. The monoisotopic (exact) mass is 402 g/mol. The minimum Gasteiger partial charge on any atom is -0.496 e. The van der Waals surface area contributed by atoms with Crippen molar-refractivity contribution in [3.05, 3.63) is 29.0 Å². The van der Waals surface area contributed by atoms with Crippen LogP contribution in [0.1, 0.15) is 30.9 Å². The molecule has 1 atom stereocenters. The minimum absolute atomic E-state index is 0.113. The summed E-state index contributed by atoms with van der Waals surface area (Å²) in [6, 6.07) is 3.18. The number of ketones is 1. The van der Waals surface area contributed by atoms with Crippen LogP contribution < -0.4 is 19.5 Å². The molecule has 1 aromatic carbocycles. The molecular formula is C19H22N4O4S. The summed E-state index contributed by atoms with van der Waals surface area (Å²) in [5.41, 5.74) is 2.40. The number of ether oxygens (including phenoxy) is 3. The Morgan fingerprint density at radius 3 is 2.50 bits per heavy atom. The van der Waals surface area contributed by atoms with Crippen LogP contribution in [0.2, 0.25) is 0 Å². The second kappa shape index (κ2) is 7.38. The highest BCUT2D eigenvalue weighted by Crippen LogP contribution is 2.46. The zero-order chi connectivity index (χ0) is 19.8. The fraction of sp³-hybridized carbons (Fsp3) is 0.421. The number of anilines is 1. The van der Waals surface area contributed by atoms with Crippen molar-refractivity contribution in [1.82, 2.24) is 14.8 Å². The third kappa shape index (κ3) is 2.90. The van der Waals surface area contributed by atoms with E-state index < -0.39 is 6.04 Å². The molecule has 28 heavy (non-hydrogen) atoms. The number of allylic oxidation sites excluding steroid dienone is 2. The molecule has 0 saturated carbocycles. The summed E-state index contributed by atoms with van der Waals surface area (Å²) >= 11 is 1.45. The van der Waals surface area contributed by atoms with Gasteiger partial charge in [-0.3, -0.25) is 4.79 Å². The van der Waals surface area contributed by atoms with Gasteiger partial charge in [-0.15, -0.1) is 5.10 Å². The Morgan fingerprint density at radius 2 is 1.82 bits per heavy atom. The number of aromatic nitrogens is 3. The highest BCUT2D eigenvalue weighted by atomic mass is 32.2. The standard InChI is InChI=1S/C19H22N4O4S/c1-25-13-9-15(27-3)14(26-2)8-10(13)17-16-11(6-5-7-12(16)24)20-18-21-19(28-4)22-23(17)18/h8-9,17H,5-7H2,1-4H3,(H,20,21,22). The molecule has 0 bridgehead atoms. The van der Waals surface area contributed by atoms with Crippen LogP contribution in [-0.2, 0) is 4.79 Å². The van der Waals surface area contributed by atoms with Crippen LogP contribution in [0.4, 0.5) is 5.95 Å². The van der Waals surface area contributed by atoms with Crippen LogP contribution in [0, 0.1) is 0 Å². The lowest BCUT2D eigenvalue weighted by atomic mass is 9.85. The normalized spacial score (nSPS) is 18.3. The molecule has 2 aromatic rings. The lowest BCUT2D eigenvalue weighted by Crippen LogP contribution is -2.31. The van der Waals surface area contributed by atoms with Crippen molar-refractivity contribution in [3.8, 4) is 17.2 Å². The number of Topliss-reactive ketones (excluding diaryl/α,β-unsaturated/α-hetero) is 1. The third-order valence-electron chi connectivity index (χ3n) is 5.06. The number of methoxy groups -OCH3 is 3. The maximum Gasteiger partial charge on any atom is 0.227 e. The second-order valence-electron chi connectivity index (χ2n) is 6.51. The molecule has 8 nitrogen and oxygen atoms in total. The third-order valence-corrected chi connectivity index (χ3v) is 5.60. The molecule has 0 fully saturated rings. The molecule has 0 radical (unpaired) electrons. The van der Waals surface area contributed by atoms with Crippen molar-refractivity contribution < 1.29 is 19.0 Å². The van der Waals surface area contributed by atoms with E-state index in [-0.39, 0.29) is 5.78 Å². The van der Waals surface area contributed by atoms with Gasteiger partial charge in [-0.2, -0.15) is 4.98 Å². The highest BCUT2D eigenvalue weighted by molar-refractivity contribution is 7.98. The van der Waals surface area contributed by atoms with Gasteiger partial charge in [0.15, 0.2) is 17.3 Å². The number of carbonyl (C=O) groups is 1. The Kier molecular flexibility index (Phi) is 4.92. The van der Waals surface area contributed by atoms with Crippen molar-refractivity contribution >= 4 is 23.5 Å². The number of hydrogen-bond donors (Lipinski definition) is 1. The molecule has 1 aromatic heterocycles. The van der Waals surface area contributed by atoms with Crippen LogP contribution in [-0.4, -0.2) is 48.1 Å². The largest absolute Gasteiger partial charge is 0.496 e. The van der Waals surface area contributed by atoms with Gasteiger partial charge in [0.2, 0.25) is 11.1 Å². The topological polar surface area (TPSA) is 87.5 Å². The Labute approximate surface area is 167 Å². The molecule has 1 aliphatic heterocycles.